The van der Waals surface area contributed by atoms with Crippen molar-refractivity contribution in [2.24, 2.45) is 0 Å². The highest BCUT2D eigenvalue weighted by Crippen LogP contribution is 2.00. The molecule has 0 bridgehead atoms. The number of allylic oxidation sites excluding steroid dienone is 11. The van der Waals surface area contributed by atoms with Crippen molar-refractivity contribution in [3.8, 4) is 0 Å². The van der Waals surface area contributed by atoms with Gasteiger partial charge in [-0.15, -0.1) is 11.8 Å². The van der Waals surface area contributed by atoms with Crippen LogP contribution in [0.25, 0.3) is 0 Å². The van der Waals surface area contributed by atoms with Crippen molar-refractivity contribution in [1.29, 1.82) is 0 Å². The van der Waals surface area contributed by atoms with Gasteiger partial charge < -0.3 is 5.11 Å². The third-order valence-corrected chi connectivity index (χ3v) is 3.92. The average Bonchev–Trinajstić information content (AvgIpc) is 2.60. The minimum atomic E-state index is -0.753. The lowest BCUT2D eigenvalue weighted by Crippen LogP contribution is -1.97. The smallest absolute Gasteiger partial charge is 0.313 e. The van der Waals surface area contributed by atoms with Crippen LogP contribution in [0, 0.1) is 0 Å². The number of hydrogen-bond acceptors (Lipinski definition) is 2. The van der Waals surface area contributed by atoms with E-state index in [1.54, 1.807) is 0 Å². The Balaban J connectivity index is 3.50. The molecule has 0 saturated heterocycles. The van der Waals surface area contributed by atoms with Crippen LogP contribution in [0.5, 0.6) is 0 Å². The van der Waals surface area contributed by atoms with Gasteiger partial charge in [-0.1, -0.05) is 79.8 Å². The average molecular weight is 361 g/mol. The highest BCUT2D eigenvalue weighted by Gasteiger charge is 1.92. The van der Waals surface area contributed by atoms with Crippen LogP contribution >= 0.6 is 11.8 Å². The van der Waals surface area contributed by atoms with Crippen LogP contribution in [0.2, 0.25) is 0 Å². The first-order valence-electron chi connectivity index (χ1n) is 8.96. The van der Waals surface area contributed by atoms with Gasteiger partial charge >= 0.3 is 5.97 Å². The highest BCUT2D eigenvalue weighted by atomic mass is 32.2. The molecule has 138 valence electrons. The zero-order chi connectivity index (χ0) is 18.4. The second kappa shape index (κ2) is 20.3. The topological polar surface area (TPSA) is 37.3 Å². The summed E-state index contributed by atoms with van der Waals surface area (Å²) in [5.41, 5.74) is 0. The van der Waals surface area contributed by atoms with Gasteiger partial charge in [0.2, 0.25) is 0 Å². The van der Waals surface area contributed by atoms with E-state index in [1.165, 1.54) is 11.8 Å². The zero-order valence-electron chi connectivity index (χ0n) is 15.3. The molecule has 0 aliphatic carbocycles. The van der Waals surface area contributed by atoms with Crippen molar-refractivity contribution >= 4 is 17.7 Å². The van der Waals surface area contributed by atoms with Gasteiger partial charge in [-0.3, -0.25) is 4.79 Å². The zero-order valence-corrected chi connectivity index (χ0v) is 16.2. The molecule has 0 amide bonds. The lowest BCUT2D eigenvalue weighted by Gasteiger charge is -1.90. The van der Waals surface area contributed by atoms with Crippen molar-refractivity contribution in [3.63, 3.8) is 0 Å². The van der Waals surface area contributed by atoms with Crippen LogP contribution < -0.4 is 0 Å². The molecule has 0 fully saturated rings. The second-order valence-corrected chi connectivity index (χ2v) is 6.35. The fraction of sp³-hybridized carbons (Fsp3) is 0.409. The summed E-state index contributed by atoms with van der Waals surface area (Å²) in [4.78, 5) is 10.3. The molecule has 0 aromatic carbocycles. The highest BCUT2D eigenvalue weighted by molar-refractivity contribution is 8.00. The summed E-state index contributed by atoms with van der Waals surface area (Å²) in [6.45, 7) is 2.15. The number of hydrogen-bond donors (Lipinski definition) is 1. The van der Waals surface area contributed by atoms with Crippen molar-refractivity contribution in [2.45, 2.75) is 45.4 Å². The van der Waals surface area contributed by atoms with Crippen LogP contribution in [0.4, 0.5) is 0 Å². The summed E-state index contributed by atoms with van der Waals surface area (Å²) in [6.07, 6.45) is 31.9. The molecule has 0 aromatic heterocycles. The van der Waals surface area contributed by atoms with Gasteiger partial charge in [0.25, 0.3) is 0 Å². The fourth-order valence-corrected chi connectivity index (χ4v) is 2.37. The van der Waals surface area contributed by atoms with E-state index < -0.39 is 5.97 Å². The van der Waals surface area contributed by atoms with Crippen molar-refractivity contribution in [2.75, 3.05) is 11.5 Å². The number of carbonyl (C=O) groups is 1. The summed E-state index contributed by atoms with van der Waals surface area (Å²) in [6, 6.07) is 0. The van der Waals surface area contributed by atoms with Crippen molar-refractivity contribution in [1.82, 2.24) is 0 Å². The van der Waals surface area contributed by atoms with Gasteiger partial charge in [0.05, 0.1) is 5.75 Å². The largest absolute Gasteiger partial charge is 0.481 e. The number of aliphatic carboxylic acids is 1. The molecule has 0 radical (unpaired) electrons. The van der Waals surface area contributed by atoms with E-state index >= 15 is 0 Å². The first-order valence-corrected chi connectivity index (χ1v) is 10.1. The van der Waals surface area contributed by atoms with Crippen LogP contribution in [0.3, 0.4) is 0 Å². The Bertz CT molecular complexity index is 482. The van der Waals surface area contributed by atoms with Gasteiger partial charge in [0, 0.05) is 5.75 Å². The van der Waals surface area contributed by atoms with E-state index in [9.17, 15) is 4.79 Å². The molecule has 0 aliphatic rings. The standard InChI is InChI=1S/C22H32O2S/c1-2-3-4-5-6-7-8-9-10-11-12-13-14-15-16-17-18-19-20-25-21-22(23)24/h3-4,6-7,9-10,12-13,15-16,18-19H,2,5,8,11,14,17,20-21H2,1H3,(H,23,24). The molecule has 0 unspecified atom stereocenters. The monoisotopic (exact) mass is 360 g/mol. The summed E-state index contributed by atoms with van der Waals surface area (Å²) in [7, 11) is 0. The Morgan fingerprint density at radius 1 is 0.680 bits per heavy atom. The summed E-state index contributed by atoms with van der Waals surface area (Å²) < 4.78 is 0. The van der Waals surface area contributed by atoms with Gasteiger partial charge in [0.1, 0.15) is 0 Å². The quantitative estimate of drug-likeness (QED) is 0.267. The molecule has 0 aromatic rings. The van der Waals surface area contributed by atoms with Crippen LogP contribution in [-0.2, 0) is 4.79 Å². The van der Waals surface area contributed by atoms with Crippen molar-refractivity contribution in [3.05, 3.63) is 72.9 Å². The van der Waals surface area contributed by atoms with Gasteiger partial charge in [-0.25, -0.2) is 0 Å². The number of carboxylic acid groups (broad SMARTS) is 1. The molecular formula is C22H32O2S. The molecule has 1 N–H and O–H groups in total. The molecule has 0 rings (SSSR count). The van der Waals surface area contributed by atoms with E-state index in [4.69, 9.17) is 5.11 Å². The predicted molar refractivity (Wildman–Crippen MR) is 113 cm³/mol. The molecule has 0 saturated carbocycles. The first-order chi connectivity index (χ1) is 12.3. The van der Waals surface area contributed by atoms with E-state index in [1.807, 2.05) is 6.08 Å². The molecule has 0 spiro atoms. The summed E-state index contributed by atoms with van der Waals surface area (Å²) in [5.74, 6) is 0.180. The van der Waals surface area contributed by atoms with E-state index in [0.29, 0.717) is 0 Å². The Morgan fingerprint density at radius 2 is 1.04 bits per heavy atom. The first kappa shape index (κ1) is 23.3. The van der Waals surface area contributed by atoms with Crippen LogP contribution in [-0.4, -0.2) is 22.6 Å². The molecule has 25 heavy (non-hydrogen) atoms. The number of rotatable bonds is 15. The lowest BCUT2D eigenvalue weighted by molar-refractivity contribution is -0.133. The Kier molecular flexibility index (Phi) is 18.9. The van der Waals surface area contributed by atoms with Gasteiger partial charge in [0.15, 0.2) is 0 Å². The van der Waals surface area contributed by atoms with E-state index in [0.717, 1.165) is 44.3 Å². The predicted octanol–water partition coefficient (Wildman–Crippen LogP) is 6.50. The summed E-state index contributed by atoms with van der Waals surface area (Å²) in [5, 5.41) is 8.49. The lowest BCUT2D eigenvalue weighted by atomic mass is 10.2. The molecule has 2 nitrogen and oxygen atoms in total. The van der Waals surface area contributed by atoms with Crippen LogP contribution in [0.1, 0.15) is 45.4 Å². The van der Waals surface area contributed by atoms with Gasteiger partial charge in [-0.2, -0.15) is 0 Å². The SMILES string of the molecule is CCC=CCC=CCC=CCC=CCC=CCC=CCSCC(=O)O. The number of thioether (sulfide) groups is 1. The summed E-state index contributed by atoms with van der Waals surface area (Å²) >= 11 is 1.41. The Hall–Kier alpha value is -1.74. The molecule has 0 atom stereocenters. The molecular weight excluding hydrogens is 328 g/mol. The normalized spacial score (nSPS) is 13.0. The molecule has 0 heterocycles. The Morgan fingerprint density at radius 3 is 1.40 bits per heavy atom. The molecule has 3 heteroatoms. The van der Waals surface area contributed by atoms with Crippen molar-refractivity contribution < 1.29 is 9.90 Å². The Labute approximate surface area is 157 Å². The van der Waals surface area contributed by atoms with E-state index in [2.05, 4.69) is 73.8 Å². The van der Waals surface area contributed by atoms with Gasteiger partial charge in [-0.05, 0) is 38.5 Å². The minimum absolute atomic E-state index is 0.173. The molecule has 0 aliphatic heterocycles. The van der Waals surface area contributed by atoms with E-state index in [-0.39, 0.29) is 5.75 Å². The fourth-order valence-electron chi connectivity index (χ4n) is 1.80. The second-order valence-electron chi connectivity index (χ2n) is 5.32. The third kappa shape index (κ3) is 22.3. The maximum atomic E-state index is 10.3. The van der Waals surface area contributed by atoms with Crippen LogP contribution in [0.15, 0.2) is 72.9 Å². The maximum Gasteiger partial charge on any atom is 0.313 e. The minimum Gasteiger partial charge on any atom is -0.481 e. The maximum absolute atomic E-state index is 10.3. The number of carboxylic acids is 1. The third-order valence-electron chi connectivity index (χ3n) is 3.04.